The first-order valence-corrected chi connectivity index (χ1v) is 7.89. The molecule has 0 atom stereocenters. The molecule has 0 saturated heterocycles. The molecule has 1 aromatic rings. The number of hydrogen-bond acceptors (Lipinski definition) is 2. The quantitative estimate of drug-likeness (QED) is 0.676. The number of nitrogens with zero attached hydrogens (tertiary/aromatic N) is 1. The summed E-state index contributed by atoms with van der Waals surface area (Å²) in [6.45, 7) is 11.9. The van der Waals surface area contributed by atoms with E-state index in [0.717, 1.165) is 24.3 Å². The van der Waals surface area contributed by atoms with Gasteiger partial charge < -0.3 is 9.64 Å². The van der Waals surface area contributed by atoms with Crippen LogP contribution in [-0.2, 0) is 4.79 Å². The molecule has 3 heteroatoms. The van der Waals surface area contributed by atoms with Gasteiger partial charge in [0.05, 0.1) is 6.61 Å². The molecule has 0 radical (unpaired) electrons. The van der Waals surface area contributed by atoms with E-state index in [4.69, 9.17) is 4.74 Å². The standard InChI is InChI=1S/C18H29NO2/c1-14(2)13-19(15(3)4)18(20)11-8-12-21-17-10-7-6-9-16(17)5/h6-7,9-10,14-15H,8,11-13H2,1-5H3. The van der Waals surface area contributed by atoms with Crippen molar-refractivity contribution in [3.05, 3.63) is 29.8 Å². The second-order valence-corrected chi connectivity index (χ2v) is 6.25. The van der Waals surface area contributed by atoms with E-state index in [1.165, 1.54) is 0 Å². The summed E-state index contributed by atoms with van der Waals surface area (Å²) < 4.78 is 5.74. The van der Waals surface area contributed by atoms with Crippen LogP contribution < -0.4 is 4.74 Å². The maximum Gasteiger partial charge on any atom is 0.222 e. The van der Waals surface area contributed by atoms with Gasteiger partial charge >= 0.3 is 0 Å². The van der Waals surface area contributed by atoms with E-state index in [-0.39, 0.29) is 11.9 Å². The Morgan fingerprint density at radius 2 is 1.86 bits per heavy atom. The van der Waals surface area contributed by atoms with Gasteiger partial charge in [-0.2, -0.15) is 0 Å². The first-order valence-electron chi connectivity index (χ1n) is 7.89. The monoisotopic (exact) mass is 291 g/mol. The predicted molar refractivity (Wildman–Crippen MR) is 87.6 cm³/mol. The van der Waals surface area contributed by atoms with Crippen LogP contribution in [0.2, 0.25) is 0 Å². The summed E-state index contributed by atoms with van der Waals surface area (Å²) in [5.74, 6) is 1.64. The summed E-state index contributed by atoms with van der Waals surface area (Å²) in [6.07, 6.45) is 1.31. The van der Waals surface area contributed by atoms with Crippen molar-refractivity contribution in [3.63, 3.8) is 0 Å². The minimum atomic E-state index is 0.229. The fraction of sp³-hybridized carbons (Fsp3) is 0.611. The molecule has 118 valence electrons. The molecule has 1 amide bonds. The van der Waals surface area contributed by atoms with Crippen LogP contribution in [0.1, 0.15) is 46.1 Å². The molecule has 1 rings (SSSR count). The van der Waals surface area contributed by atoms with E-state index in [9.17, 15) is 4.79 Å². The summed E-state index contributed by atoms with van der Waals surface area (Å²) in [7, 11) is 0. The number of para-hydroxylation sites is 1. The number of aryl methyl sites for hydroxylation is 1. The molecule has 21 heavy (non-hydrogen) atoms. The summed E-state index contributed by atoms with van der Waals surface area (Å²) in [5.41, 5.74) is 1.13. The molecule has 0 bridgehead atoms. The van der Waals surface area contributed by atoms with Crippen LogP contribution in [0.5, 0.6) is 5.75 Å². The summed E-state index contributed by atoms with van der Waals surface area (Å²) >= 11 is 0. The highest BCUT2D eigenvalue weighted by Crippen LogP contribution is 2.16. The molecule has 0 fully saturated rings. The average molecular weight is 291 g/mol. The SMILES string of the molecule is Cc1ccccc1OCCCC(=O)N(CC(C)C)C(C)C. The minimum Gasteiger partial charge on any atom is -0.493 e. The van der Waals surface area contributed by atoms with Gasteiger partial charge in [-0.3, -0.25) is 4.79 Å². The van der Waals surface area contributed by atoms with E-state index >= 15 is 0 Å². The molecule has 0 unspecified atom stereocenters. The number of carbonyl (C=O) groups is 1. The lowest BCUT2D eigenvalue weighted by Gasteiger charge is -2.28. The Kier molecular flexibility index (Phi) is 7.27. The van der Waals surface area contributed by atoms with Crippen LogP contribution >= 0.6 is 0 Å². The van der Waals surface area contributed by atoms with Gasteiger partial charge in [0.2, 0.25) is 5.91 Å². The van der Waals surface area contributed by atoms with Crippen LogP contribution in [0.15, 0.2) is 24.3 Å². The zero-order valence-corrected chi connectivity index (χ0v) is 14.1. The van der Waals surface area contributed by atoms with Gasteiger partial charge in [0.1, 0.15) is 5.75 Å². The molecule has 0 aliphatic carbocycles. The van der Waals surface area contributed by atoms with Crippen molar-refractivity contribution in [3.8, 4) is 5.75 Å². The number of rotatable bonds is 8. The molecular formula is C18H29NO2. The summed E-state index contributed by atoms with van der Waals surface area (Å²) in [5, 5.41) is 0. The van der Waals surface area contributed by atoms with Gasteiger partial charge in [0.25, 0.3) is 0 Å². The topological polar surface area (TPSA) is 29.5 Å². The van der Waals surface area contributed by atoms with Crippen molar-refractivity contribution in [1.82, 2.24) is 4.90 Å². The fourth-order valence-corrected chi connectivity index (χ4v) is 2.26. The zero-order valence-electron chi connectivity index (χ0n) is 14.1. The third-order valence-electron chi connectivity index (χ3n) is 3.39. The van der Waals surface area contributed by atoms with Crippen LogP contribution in [0.4, 0.5) is 0 Å². The lowest BCUT2D eigenvalue weighted by atomic mass is 10.1. The molecule has 0 N–H and O–H groups in total. The van der Waals surface area contributed by atoms with Crippen LogP contribution in [0.3, 0.4) is 0 Å². The maximum atomic E-state index is 12.3. The van der Waals surface area contributed by atoms with E-state index in [1.54, 1.807) is 0 Å². The van der Waals surface area contributed by atoms with Gasteiger partial charge in [-0.15, -0.1) is 0 Å². The lowest BCUT2D eigenvalue weighted by molar-refractivity contribution is -0.133. The van der Waals surface area contributed by atoms with Crippen molar-refractivity contribution in [2.45, 2.75) is 53.5 Å². The Labute approximate surface area is 129 Å². The first kappa shape index (κ1) is 17.5. The molecule has 0 spiro atoms. The Morgan fingerprint density at radius 3 is 2.43 bits per heavy atom. The Bertz CT molecular complexity index is 441. The van der Waals surface area contributed by atoms with Crippen molar-refractivity contribution >= 4 is 5.91 Å². The summed E-state index contributed by atoms with van der Waals surface area (Å²) in [4.78, 5) is 14.2. The second-order valence-electron chi connectivity index (χ2n) is 6.25. The fourth-order valence-electron chi connectivity index (χ4n) is 2.26. The van der Waals surface area contributed by atoms with Crippen LogP contribution in [0, 0.1) is 12.8 Å². The zero-order chi connectivity index (χ0) is 15.8. The first-order chi connectivity index (χ1) is 9.91. The van der Waals surface area contributed by atoms with Gasteiger partial charge in [0, 0.05) is 19.0 Å². The Morgan fingerprint density at radius 1 is 1.19 bits per heavy atom. The third-order valence-corrected chi connectivity index (χ3v) is 3.39. The molecule has 1 aromatic carbocycles. The van der Waals surface area contributed by atoms with Gasteiger partial charge in [0.15, 0.2) is 0 Å². The summed E-state index contributed by atoms with van der Waals surface area (Å²) in [6, 6.07) is 8.23. The highest BCUT2D eigenvalue weighted by molar-refractivity contribution is 5.76. The Hall–Kier alpha value is -1.51. The van der Waals surface area contributed by atoms with Crippen LogP contribution in [0.25, 0.3) is 0 Å². The van der Waals surface area contributed by atoms with E-state index in [2.05, 4.69) is 27.7 Å². The average Bonchev–Trinajstić information content (AvgIpc) is 2.42. The largest absolute Gasteiger partial charge is 0.493 e. The van der Waals surface area contributed by atoms with Crippen molar-refractivity contribution < 1.29 is 9.53 Å². The maximum absolute atomic E-state index is 12.3. The predicted octanol–water partition coefficient (Wildman–Crippen LogP) is 4.05. The van der Waals surface area contributed by atoms with Crippen molar-refractivity contribution in [2.75, 3.05) is 13.2 Å². The van der Waals surface area contributed by atoms with E-state index in [0.29, 0.717) is 18.9 Å². The van der Waals surface area contributed by atoms with Crippen LogP contribution in [-0.4, -0.2) is 30.0 Å². The lowest BCUT2D eigenvalue weighted by Crippen LogP contribution is -2.39. The molecule has 3 nitrogen and oxygen atoms in total. The Balaban J connectivity index is 2.37. The number of benzene rings is 1. The molecule has 0 aliphatic heterocycles. The number of amides is 1. The van der Waals surface area contributed by atoms with E-state index < -0.39 is 0 Å². The molecule has 0 aromatic heterocycles. The highest BCUT2D eigenvalue weighted by atomic mass is 16.5. The van der Waals surface area contributed by atoms with Gasteiger partial charge in [-0.05, 0) is 44.7 Å². The van der Waals surface area contributed by atoms with Gasteiger partial charge in [-0.25, -0.2) is 0 Å². The second kappa shape index (κ2) is 8.71. The molecular weight excluding hydrogens is 262 g/mol. The third kappa shape index (κ3) is 6.19. The smallest absolute Gasteiger partial charge is 0.222 e. The number of carbonyl (C=O) groups excluding carboxylic acids is 1. The van der Waals surface area contributed by atoms with E-state index in [1.807, 2.05) is 36.1 Å². The van der Waals surface area contributed by atoms with Gasteiger partial charge in [-0.1, -0.05) is 32.0 Å². The van der Waals surface area contributed by atoms with Crippen molar-refractivity contribution in [2.24, 2.45) is 5.92 Å². The molecule has 0 saturated carbocycles. The number of ether oxygens (including phenoxy) is 1. The van der Waals surface area contributed by atoms with Crippen molar-refractivity contribution in [1.29, 1.82) is 0 Å². The highest BCUT2D eigenvalue weighted by Gasteiger charge is 2.17. The normalized spacial score (nSPS) is 11.0. The number of hydrogen-bond donors (Lipinski definition) is 0. The molecule has 0 heterocycles. The minimum absolute atomic E-state index is 0.229. The molecule has 0 aliphatic rings.